The first-order valence-electron chi connectivity index (χ1n) is 12.1. The van der Waals surface area contributed by atoms with Crippen LogP contribution in [0.5, 0.6) is 5.75 Å². The number of alkyl halides is 1. The molecule has 1 aliphatic heterocycles. The zero-order valence-electron chi connectivity index (χ0n) is 20.3. The van der Waals surface area contributed by atoms with Crippen LogP contribution in [0, 0.1) is 10.8 Å². The van der Waals surface area contributed by atoms with Gasteiger partial charge in [-0.05, 0) is 82.6 Å². The highest BCUT2D eigenvalue weighted by Gasteiger charge is 2.18. The van der Waals surface area contributed by atoms with Gasteiger partial charge in [-0.2, -0.15) is 5.10 Å². The van der Waals surface area contributed by atoms with Crippen LogP contribution in [0.1, 0.15) is 35.6 Å². The van der Waals surface area contributed by atoms with Crippen LogP contribution in [0.2, 0.25) is 0 Å². The van der Waals surface area contributed by atoms with Gasteiger partial charge in [-0.1, -0.05) is 60.7 Å². The van der Waals surface area contributed by atoms with E-state index in [0.29, 0.717) is 23.9 Å². The zero-order chi connectivity index (χ0) is 25.3. The van der Waals surface area contributed by atoms with Gasteiger partial charge in [-0.15, -0.1) is 16.5 Å². The molecule has 1 atom stereocenters. The van der Waals surface area contributed by atoms with Crippen molar-refractivity contribution in [2.75, 3.05) is 19.0 Å². The number of phenolic OH excluding ortho intramolecular Hbond substituents is 1. The van der Waals surface area contributed by atoms with Gasteiger partial charge in [-0.3, -0.25) is 5.01 Å². The number of hydrogen-bond acceptors (Lipinski definition) is 5. The Morgan fingerprint density at radius 3 is 2.28 bits per heavy atom. The van der Waals surface area contributed by atoms with Crippen molar-refractivity contribution in [2.24, 2.45) is 16.2 Å². The first-order valence-corrected chi connectivity index (χ1v) is 12.7. The summed E-state index contributed by atoms with van der Waals surface area (Å²) < 4.78 is 0. The summed E-state index contributed by atoms with van der Waals surface area (Å²) in [6, 6.07) is 23.1. The van der Waals surface area contributed by atoms with Crippen LogP contribution in [-0.2, 0) is 6.42 Å². The molecule has 5 nitrogen and oxygen atoms in total. The molecule has 0 bridgehead atoms. The van der Waals surface area contributed by atoms with Gasteiger partial charge < -0.3 is 5.11 Å². The second kappa shape index (κ2) is 12.3. The highest BCUT2D eigenvalue weighted by molar-refractivity contribution is 6.18. The molecule has 0 aromatic heterocycles. The Labute approximate surface area is 217 Å². The lowest BCUT2D eigenvalue weighted by atomic mass is 9.87. The molecule has 0 aliphatic carbocycles. The Bertz CT molecular complexity index is 1250. The molecule has 0 radical (unpaired) electrons. The lowest BCUT2D eigenvalue weighted by Gasteiger charge is -2.18. The van der Waals surface area contributed by atoms with E-state index in [-0.39, 0.29) is 5.75 Å². The number of phenols is 1. The van der Waals surface area contributed by atoms with Crippen molar-refractivity contribution < 1.29 is 5.11 Å². The summed E-state index contributed by atoms with van der Waals surface area (Å²) in [6.07, 6.45) is 7.83. The van der Waals surface area contributed by atoms with Crippen molar-refractivity contribution >= 4 is 34.6 Å². The largest absolute Gasteiger partial charge is 0.508 e. The van der Waals surface area contributed by atoms with Gasteiger partial charge in [0.25, 0.3) is 0 Å². The van der Waals surface area contributed by atoms with Crippen molar-refractivity contribution in [2.45, 2.75) is 19.8 Å². The van der Waals surface area contributed by atoms with Gasteiger partial charge in [0.05, 0.1) is 6.54 Å². The predicted octanol–water partition coefficient (Wildman–Crippen LogP) is 7.41. The normalized spacial score (nSPS) is 15.9. The van der Waals surface area contributed by atoms with Gasteiger partial charge >= 0.3 is 0 Å². The molecular weight excluding hydrogens is 470 g/mol. The quantitative estimate of drug-likeness (QED) is 0.137. The molecule has 1 N–H and O–H groups in total. The number of benzene rings is 3. The van der Waals surface area contributed by atoms with Crippen LogP contribution in [0.3, 0.4) is 0 Å². The number of rotatable bonds is 10. The summed E-state index contributed by atoms with van der Waals surface area (Å²) in [5.41, 5.74) is 6.79. The van der Waals surface area contributed by atoms with E-state index in [0.717, 1.165) is 47.3 Å². The molecule has 6 heteroatoms. The number of halogens is 1. The minimum Gasteiger partial charge on any atom is -0.508 e. The van der Waals surface area contributed by atoms with Gasteiger partial charge in [0.2, 0.25) is 0 Å². The average Bonchev–Trinajstić information content (AvgIpc) is 3.36. The van der Waals surface area contributed by atoms with Crippen LogP contribution < -0.4 is 0 Å². The standard InChI is InChI=1S/C30H30ClN3O2/c1-2-3-18-34-21-23(20-32-34)19-22-4-6-24(7-5-22)29(16-17-31)30(26-10-14-28(35)15-11-26)25-8-12-27(33-36)13-9-25/h2-15,20,23,35H,16-19,21H2,1H3/b3-2+,30-29+. The lowest BCUT2D eigenvalue weighted by Crippen LogP contribution is -2.19. The molecule has 0 amide bonds. The Kier molecular flexibility index (Phi) is 8.69. The summed E-state index contributed by atoms with van der Waals surface area (Å²) in [6.45, 7) is 3.80. The summed E-state index contributed by atoms with van der Waals surface area (Å²) in [7, 11) is 0. The molecule has 0 saturated carbocycles. The number of hydrazone groups is 1. The summed E-state index contributed by atoms with van der Waals surface area (Å²) in [5.74, 6) is 1.07. The number of aromatic hydroxyl groups is 1. The highest BCUT2D eigenvalue weighted by atomic mass is 35.5. The van der Waals surface area contributed by atoms with Gasteiger partial charge in [0.1, 0.15) is 11.4 Å². The maximum Gasteiger partial charge on any atom is 0.115 e. The molecule has 1 unspecified atom stereocenters. The third kappa shape index (κ3) is 6.29. The molecule has 1 heterocycles. The molecule has 184 valence electrons. The topological polar surface area (TPSA) is 65.3 Å². The minimum absolute atomic E-state index is 0.210. The second-order valence-corrected chi connectivity index (χ2v) is 9.22. The first kappa shape index (κ1) is 25.4. The molecular formula is C30H30ClN3O2. The van der Waals surface area contributed by atoms with Crippen LogP contribution in [-0.4, -0.2) is 35.3 Å². The molecule has 3 aromatic rings. The van der Waals surface area contributed by atoms with Crippen molar-refractivity contribution in [3.8, 4) is 5.75 Å². The first-order chi connectivity index (χ1) is 17.6. The SMILES string of the molecule is C/C=C/CN1CC(Cc2ccc(/C(CCCl)=C(/c3ccc(O)cc3)c3ccc(N=O)cc3)cc2)C=N1. The molecule has 36 heavy (non-hydrogen) atoms. The third-order valence-corrected chi connectivity index (χ3v) is 6.49. The van der Waals surface area contributed by atoms with E-state index in [1.54, 1.807) is 24.3 Å². The smallest absolute Gasteiger partial charge is 0.115 e. The fourth-order valence-electron chi connectivity index (χ4n) is 4.50. The van der Waals surface area contributed by atoms with Crippen molar-refractivity contribution in [3.05, 3.63) is 112 Å². The maximum absolute atomic E-state index is 11.0. The Hall–Kier alpha value is -3.70. The van der Waals surface area contributed by atoms with E-state index in [2.05, 4.69) is 51.8 Å². The fraction of sp³-hybridized carbons (Fsp3) is 0.233. The zero-order valence-corrected chi connectivity index (χ0v) is 21.1. The highest BCUT2D eigenvalue weighted by Crippen LogP contribution is 2.36. The lowest BCUT2D eigenvalue weighted by molar-refractivity contribution is 0.326. The van der Waals surface area contributed by atoms with Gasteiger partial charge in [0.15, 0.2) is 0 Å². The summed E-state index contributed by atoms with van der Waals surface area (Å²) >= 11 is 6.28. The number of nitroso groups, excluding NO2 is 1. The maximum atomic E-state index is 11.0. The molecule has 0 spiro atoms. The molecule has 0 saturated heterocycles. The van der Waals surface area contributed by atoms with Crippen molar-refractivity contribution in [1.29, 1.82) is 0 Å². The molecule has 4 rings (SSSR count). The molecule has 3 aromatic carbocycles. The third-order valence-electron chi connectivity index (χ3n) is 6.30. The van der Waals surface area contributed by atoms with Crippen LogP contribution >= 0.6 is 11.6 Å². The average molecular weight is 500 g/mol. The molecule has 1 aliphatic rings. The van der Waals surface area contributed by atoms with Crippen LogP contribution in [0.15, 0.2) is 95.2 Å². The number of allylic oxidation sites excluding steroid dienone is 2. The van der Waals surface area contributed by atoms with E-state index < -0.39 is 0 Å². The van der Waals surface area contributed by atoms with Gasteiger partial charge in [0, 0.05) is 24.6 Å². The van der Waals surface area contributed by atoms with Gasteiger partial charge in [-0.25, -0.2) is 0 Å². The second-order valence-electron chi connectivity index (χ2n) is 8.84. The van der Waals surface area contributed by atoms with Crippen molar-refractivity contribution in [3.63, 3.8) is 0 Å². The van der Waals surface area contributed by atoms with E-state index >= 15 is 0 Å². The van der Waals surface area contributed by atoms with Crippen LogP contribution in [0.4, 0.5) is 5.69 Å². The Morgan fingerprint density at radius 2 is 1.67 bits per heavy atom. The van der Waals surface area contributed by atoms with Crippen LogP contribution in [0.25, 0.3) is 11.1 Å². The predicted molar refractivity (Wildman–Crippen MR) is 150 cm³/mol. The van der Waals surface area contributed by atoms with E-state index in [9.17, 15) is 10.0 Å². The fourth-order valence-corrected chi connectivity index (χ4v) is 4.69. The monoisotopic (exact) mass is 499 g/mol. The van der Waals surface area contributed by atoms with E-state index in [1.165, 1.54) is 5.56 Å². The summed E-state index contributed by atoms with van der Waals surface area (Å²) in [5, 5.41) is 19.5. The van der Waals surface area contributed by atoms with Crippen molar-refractivity contribution in [1.82, 2.24) is 5.01 Å². The summed E-state index contributed by atoms with van der Waals surface area (Å²) in [4.78, 5) is 11.0. The van der Waals surface area contributed by atoms with E-state index in [1.807, 2.05) is 37.3 Å². The number of nitrogens with zero attached hydrogens (tertiary/aromatic N) is 3. The Morgan fingerprint density at radius 1 is 1.03 bits per heavy atom. The minimum atomic E-state index is 0.210. The van der Waals surface area contributed by atoms with E-state index in [4.69, 9.17) is 11.6 Å². The Balaban J connectivity index is 1.66. The molecule has 0 fully saturated rings. The number of hydrogen-bond donors (Lipinski definition) is 1.